The molecular weight excluding hydrogens is 415 g/mol. The van der Waals surface area contributed by atoms with E-state index in [9.17, 15) is 4.79 Å². The molecule has 0 bridgehead atoms. The molecule has 2 rings (SSSR count). The number of hydrogen-bond donors (Lipinski definition) is 0. The molecule has 0 saturated heterocycles. The number of benzene rings is 2. The SMILES string of the molecule is CC(=O)C(Cc1ccc(Br)cc1)c1ccccc1I. The van der Waals surface area contributed by atoms with Crippen LogP contribution in [0.3, 0.4) is 0 Å². The van der Waals surface area contributed by atoms with Gasteiger partial charge in [-0.15, -0.1) is 0 Å². The molecule has 19 heavy (non-hydrogen) atoms. The molecule has 0 aromatic heterocycles. The van der Waals surface area contributed by atoms with Crippen LogP contribution in [0.25, 0.3) is 0 Å². The number of halogens is 2. The lowest BCUT2D eigenvalue weighted by Gasteiger charge is -2.16. The zero-order valence-electron chi connectivity index (χ0n) is 10.6. The zero-order valence-corrected chi connectivity index (χ0v) is 14.3. The molecule has 0 aliphatic rings. The highest BCUT2D eigenvalue weighted by Gasteiger charge is 2.19. The minimum atomic E-state index is -0.0609. The third-order valence-electron chi connectivity index (χ3n) is 3.12. The van der Waals surface area contributed by atoms with Gasteiger partial charge in [0.05, 0.1) is 0 Å². The van der Waals surface area contributed by atoms with E-state index in [0.717, 1.165) is 20.0 Å². The Morgan fingerprint density at radius 1 is 1.16 bits per heavy atom. The number of rotatable bonds is 4. The molecule has 0 saturated carbocycles. The van der Waals surface area contributed by atoms with Crippen molar-refractivity contribution in [3.63, 3.8) is 0 Å². The van der Waals surface area contributed by atoms with E-state index >= 15 is 0 Å². The predicted octanol–water partition coefficient (Wildman–Crippen LogP) is 4.97. The Morgan fingerprint density at radius 2 is 1.79 bits per heavy atom. The molecule has 1 unspecified atom stereocenters. The summed E-state index contributed by atoms with van der Waals surface area (Å²) in [7, 11) is 0. The lowest BCUT2D eigenvalue weighted by molar-refractivity contribution is -0.118. The molecule has 0 fully saturated rings. The fourth-order valence-corrected chi connectivity index (χ4v) is 3.11. The van der Waals surface area contributed by atoms with Gasteiger partial charge in [0.1, 0.15) is 5.78 Å². The van der Waals surface area contributed by atoms with Crippen LogP contribution in [-0.2, 0) is 11.2 Å². The van der Waals surface area contributed by atoms with E-state index in [4.69, 9.17) is 0 Å². The second-order valence-electron chi connectivity index (χ2n) is 4.52. The smallest absolute Gasteiger partial charge is 0.137 e. The zero-order chi connectivity index (χ0) is 13.8. The molecule has 0 aliphatic heterocycles. The van der Waals surface area contributed by atoms with Crippen molar-refractivity contribution in [2.24, 2.45) is 0 Å². The van der Waals surface area contributed by atoms with E-state index in [-0.39, 0.29) is 11.7 Å². The first-order valence-corrected chi connectivity index (χ1v) is 7.94. The van der Waals surface area contributed by atoms with Crippen molar-refractivity contribution in [1.29, 1.82) is 0 Å². The third kappa shape index (κ3) is 3.89. The summed E-state index contributed by atoms with van der Waals surface area (Å²) in [6, 6.07) is 16.3. The molecule has 0 aliphatic carbocycles. The number of carbonyl (C=O) groups excluding carboxylic acids is 1. The van der Waals surface area contributed by atoms with Crippen molar-refractivity contribution in [3.8, 4) is 0 Å². The van der Waals surface area contributed by atoms with Gasteiger partial charge >= 0.3 is 0 Å². The summed E-state index contributed by atoms with van der Waals surface area (Å²) in [4.78, 5) is 12.0. The average Bonchev–Trinajstić information content (AvgIpc) is 2.39. The molecule has 0 heterocycles. The van der Waals surface area contributed by atoms with E-state index in [0.29, 0.717) is 0 Å². The van der Waals surface area contributed by atoms with Gasteiger partial charge in [0, 0.05) is 14.0 Å². The van der Waals surface area contributed by atoms with Gasteiger partial charge in [0.2, 0.25) is 0 Å². The van der Waals surface area contributed by atoms with Gasteiger partial charge in [-0.1, -0.05) is 46.3 Å². The molecule has 1 atom stereocenters. The Balaban J connectivity index is 2.29. The van der Waals surface area contributed by atoms with Crippen LogP contribution in [0.2, 0.25) is 0 Å². The van der Waals surface area contributed by atoms with E-state index in [1.807, 2.05) is 36.4 Å². The predicted molar refractivity (Wildman–Crippen MR) is 90.4 cm³/mol. The van der Waals surface area contributed by atoms with Crippen LogP contribution >= 0.6 is 38.5 Å². The van der Waals surface area contributed by atoms with Crippen LogP contribution in [0, 0.1) is 3.57 Å². The molecule has 1 nitrogen and oxygen atoms in total. The monoisotopic (exact) mass is 428 g/mol. The first-order valence-electron chi connectivity index (χ1n) is 6.07. The summed E-state index contributed by atoms with van der Waals surface area (Å²) in [6.07, 6.45) is 0.753. The number of ketones is 1. The number of Topliss-reactive ketones (excluding diaryl/α,β-unsaturated/α-hetero) is 1. The second-order valence-corrected chi connectivity index (χ2v) is 6.59. The van der Waals surface area contributed by atoms with Crippen molar-refractivity contribution < 1.29 is 4.79 Å². The molecule has 0 radical (unpaired) electrons. The van der Waals surface area contributed by atoms with Gasteiger partial charge in [-0.2, -0.15) is 0 Å². The highest BCUT2D eigenvalue weighted by Crippen LogP contribution is 2.26. The summed E-state index contributed by atoms with van der Waals surface area (Å²) in [5, 5.41) is 0. The first-order chi connectivity index (χ1) is 9.08. The summed E-state index contributed by atoms with van der Waals surface area (Å²) >= 11 is 5.73. The Morgan fingerprint density at radius 3 is 2.37 bits per heavy atom. The highest BCUT2D eigenvalue weighted by molar-refractivity contribution is 14.1. The molecule has 2 aromatic carbocycles. The number of hydrogen-bond acceptors (Lipinski definition) is 1. The Kier molecular flexibility index (Phi) is 5.16. The largest absolute Gasteiger partial charge is 0.299 e. The van der Waals surface area contributed by atoms with Crippen molar-refractivity contribution in [2.75, 3.05) is 0 Å². The van der Waals surface area contributed by atoms with Gasteiger partial charge in [0.25, 0.3) is 0 Å². The summed E-state index contributed by atoms with van der Waals surface area (Å²) in [5.74, 6) is 0.154. The van der Waals surface area contributed by atoms with Crippen molar-refractivity contribution in [2.45, 2.75) is 19.3 Å². The molecule has 2 aromatic rings. The molecule has 0 spiro atoms. The third-order valence-corrected chi connectivity index (χ3v) is 4.64. The average molecular weight is 429 g/mol. The van der Waals surface area contributed by atoms with E-state index in [1.165, 1.54) is 5.56 Å². The fraction of sp³-hybridized carbons (Fsp3) is 0.188. The van der Waals surface area contributed by atoms with E-state index < -0.39 is 0 Å². The molecule has 98 valence electrons. The standard InChI is InChI=1S/C16H14BrIO/c1-11(19)15(14-4-2-3-5-16(14)18)10-12-6-8-13(17)9-7-12/h2-9,15H,10H2,1H3. The maximum atomic E-state index is 12.0. The highest BCUT2D eigenvalue weighted by atomic mass is 127. The quantitative estimate of drug-likeness (QED) is 0.628. The second kappa shape index (κ2) is 6.66. The normalized spacial score (nSPS) is 12.2. The van der Waals surface area contributed by atoms with Crippen molar-refractivity contribution in [1.82, 2.24) is 0 Å². The van der Waals surface area contributed by atoms with E-state index in [1.54, 1.807) is 6.92 Å². The van der Waals surface area contributed by atoms with Gasteiger partial charge in [-0.3, -0.25) is 4.79 Å². The van der Waals surface area contributed by atoms with Crippen LogP contribution in [0.15, 0.2) is 53.0 Å². The van der Waals surface area contributed by atoms with Crippen LogP contribution < -0.4 is 0 Å². The summed E-state index contributed by atoms with van der Waals surface area (Å²) < 4.78 is 2.21. The van der Waals surface area contributed by atoms with Crippen LogP contribution in [-0.4, -0.2) is 5.78 Å². The van der Waals surface area contributed by atoms with Crippen molar-refractivity contribution in [3.05, 3.63) is 67.7 Å². The Hall–Kier alpha value is -0.680. The van der Waals surface area contributed by atoms with Gasteiger partial charge in [0.15, 0.2) is 0 Å². The topological polar surface area (TPSA) is 17.1 Å². The molecular formula is C16H14BrIO. The summed E-state index contributed by atoms with van der Waals surface area (Å²) in [6.45, 7) is 1.67. The van der Waals surface area contributed by atoms with Crippen molar-refractivity contribution >= 4 is 44.3 Å². The minimum Gasteiger partial charge on any atom is -0.299 e. The Labute approximate surface area is 135 Å². The lowest BCUT2D eigenvalue weighted by Crippen LogP contribution is -2.13. The van der Waals surface area contributed by atoms with Gasteiger partial charge in [-0.05, 0) is 65.3 Å². The molecule has 3 heteroatoms. The van der Waals surface area contributed by atoms with E-state index in [2.05, 4.69) is 50.7 Å². The van der Waals surface area contributed by atoms with Gasteiger partial charge < -0.3 is 0 Å². The number of carbonyl (C=O) groups is 1. The maximum absolute atomic E-state index is 12.0. The van der Waals surface area contributed by atoms with Crippen LogP contribution in [0.4, 0.5) is 0 Å². The van der Waals surface area contributed by atoms with Crippen LogP contribution in [0.1, 0.15) is 24.0 Å². The lowest BCUT2D eigenvalue weighted by atomic mass is 9.89. The minimum absolute atomic E-state index is 0.0609. The summed E-state index contributed by atoms with van der Waals surface area (Å²) in [5.41, 5.74) is 2.31. The Bertz CT molecular complexity index is 578. The van der Waals surface area contributed by atoms with Gasteiger partial charge in [-0.25, -0.2) is 0 Å². The fourth-order valence-electron chi connectivity index (χ4n) is 2.09. The first kappa shape index (κ1) is 14.7. The maximum Gasteiger partial charge on any atom is 0.137 e. The molecule has 0 amide bonds. The molecule has 0 N–H and O–H groups in total. The van der Waals surface area contributed by atoms with Crippen LogP contribution in [0.5, 0.6) is 0 Å².